The minimum Gasteiger partial charge on any atom is -0.397 e. The highest BCUT2D eigenvalue weighted by Gasteiger charge is 2.13. The summed E-state index contributed by atoms with van der Waals surface area (Å²) in [6.45, 7) is 0. The Kier molecular flexibility index (Phi) is 3.34. The molecule has 100 valence electrons. The highest BCUT2D eigenvalue weighted by Crippen LogP contribution is 2.33. The first-order valence-corrected chi connectivity index (χ1v) is 6.63. The molecule has 4 nitrogen and oxygen atoms in total. The van der Waals surface area contributed by atoms with E-state index in [0.717, 1.165) is 5.56 Å². The van der Waals surface area contributed by atoms with Crippen LogP contribution in [0.25, 0.3) is 22.8 Å². The Morgan fingerprint density at radius 2 is 1.80 bits per heavy atom. The van der Waals surface area contributed by atoms with E-state index in [9.17, 15) is 0 Å². The third-order valence-corrected chi connectivity index (χ3v) is 3.40. The van der Waals surface area contributed by atoms with Gasteiger partial charge in [0, 0.05) is 16.1 Å². The van der Waals surface area contributed by atoms with E-state index < -0.39 is 0 Å². The molecule has 0 amide bonds. The van der Waals surface area contributed by atoms with Crippen LogP contribution in [0.1, 0.15) is 0 Å². The fourth-order valence-corrected chi connectivity index (χ4v) is 2.37. The number of nitrogen functional groups attached to an aromatic ring is 1. The van der Waals surface area contributed by atoms with Gasteiger partial charge in [0.25, 0.3) is 0 Å². The van der Waals surface area contributed by atoms with Gasteiger partial charge < -0.3 is 5.73 Å². The van der Waals surface area contributed by atoms with Gasteiger partial charge in [-0.05, 0) is 12.1 Å². The maximum absolute atomic E-state index is 6.02. The lowest BCUT2D eigenvalue weighted by Gasteiger charge is -2.04. The second kappa shape index (κ2) is 5.15. The second-order valence-electron chi connectivity index (χ2n) is 4.22. The van der Waals surface area contributed by atoms with Crippen LogP contribution in [0.4, 0.5) is 5.69 Å². The predicted octanol–water partition coefficient (Wildman–Crippen LogP) is 4.03. The van der Waals surface area contributed by atoms with Crippen LogP contribution in [-0.4, -0.2) is 15.2 Å². The highest BCUT2D eigenvalue weighted by atomic mass is 35.5. The van der Waals surface area contributed by atoms with Gasteiger partial charge in [-0.15, -0.1) is 0 Å². The number of H-pyrrole nitrogens is 1. The molecule has 3 N–H and O–H groups in total. The molecule has 0 saturated heterocycles. The van der Waals surface area contributed by atoms with Crippen LogP contribution in [0.5, 0.6) is 0 Å². The normalized spacial score (nSPS) is 10.7. The average molecular weight is 305 g/mol. The quantitative estimate of drug-likeness (QED) is 0.702. The predicted molar refractivity (Wildman–Crippen MR) is 81.7 cm³/mol. The molecule has 3 rings (SSSR count). The van der Waals surface area contributed by atoms with Crippen LogP contribution in [0.3, 0.4) is 0 Å². The molecule has 0 aliphatic heterocycles. The largest absolute Gasteiger partial charge is 0.397 e. The molecule has 0 bridgehead atoms. The fourth-order valence-electron chi connectivity index (χ4n) is 1.88. The summed E-state index contributed by atoms with van der Waals surface area (Å²) in [5.74, 6) is 1.13. The van der Waals surface area contributed by atoms with E-state index >= 15 is 0 Å². The van der Waals surface area contributed by atoms with Gasteiger partial charge in [0.05, 0.1) is 10.7 Å². The molecule has 20 heavy (non-hydrogen) atoms. The zero-order valence-electron chi connectivity index (χ0n) is 10.3. The van der Waals surface area contributed by atoms with E-state index in [1.807, 2.05) is 30.3 Å². The van der Waals surface area contributed by atoms with Crippen molar-refractivity contribution in [1.82, 2.24) is 15.2 Å². The summed E-state index contributed by atoms with van der Waals surface area (Å²) in [4.78, 5) is 4.43. The summed E-state index contributed by atoms with van der Waals surface area (Å²) >= 11 is 12.0. The van der Waals surface area contributed by atoms with Crippen LogP contribution in [0.15, 0.2) is 42.5 Å². The van der Waals surface area contributed by atoms with Crippen molar-refractivity contribution in [3.8, 4) is 22.8 Å². The molecule has 3 aromatic rings. The SMILES string of the molecule is Nc1c(Cl)cc(Cl)cc1-c1nc(-c2ccccc2)n[nH]1. The van der Waals surface area contributed by atoms with Crippen LogP contribution in [0.2, 0.25) is 10.0 Å². The van der Waals surface area contributed by atoms with Crippen molar-refractivity contribution in [2.75, 3.05) is 5.73 Å². The Bertz CT molecular complexity index is 753. The number of anilines is 1. The highest BCUT2D eigenvalue weighted by molar-refractivity contribution is 6.37. The summed E-state index contributed by atoms with van der Waals surface area (Å²) < 4.78 is 0. The van der Waals surface area contributed by atoms with Crippen LogP contribution in [0, 0.1) is 0 Å². The molecule has 1 aromatic heterocycles. The Hall–Kier alpha value is -2.04. The van der Waals surface area contributed by atoms with E-state index in [1.165, 1.54) is 0 Å². The van der Waals surface area contributed by atoms with Crippen LogP contribution in [-0.2, 0) is 0 Å². The number of benzene rings is 2. The van der Waals surface area contributed by atoms with Crippen molar-refractivity contribution >= 4 is 28.9 Å². The maximum atomic E-state index is 6.02. The maximum Gasteiger partial charge on any atom is 0.181 e. The van der Waals surface area contributed by atoms with E-state index in [0.29, 0.717) is 32.9 Å². The first-order chi connectivity index (χ1) is 9.65. The molecule has 2 aromatic carbocycles. The zero-order valence-corrected chi connectivity index (χ0v) is 11.8. The van der Waals surface area contributed by atoms with Gasteiger partial charge in [0.1, 0.15) is 0 Å². The van der Waals surface area contributed by atoms with Crippen molar-refractivity contribution in [1.29, 1.82) is 0 Å². The first-order valence-electron chi connectivity index (χ1n) is 5.88. The van der Waals surface area contributed by atoms with Crippen molar-refractivity contribution < 1.29 is 0 Å². The van der Waals surface area contributed by atoms with E-state index in [-0.39, 0.29) is 0 Å². The number of aromatic amines is 1. The lowest BCUT2D eigenvalue weighted by atomic mass is 10.1. The zero-order chi connectivity index (χ0) is 14.1. The third-order valence-electron chi connectivity index (χ3n) is 2.87. The monoisotopic (exact) mass is 304 g/mol. The Labute approximate surface area is 125 Å². The van der Waals surface area contributed by atoms with Crippen molar-refractivity contribution in [3.63, 3.8) is 0 Å². The minimum atomic E-state index is 0.394. The van der Waals surface area contributed by atoms with Crippen molar-refractivity contribution in [3.05, 3.63) is 52.5 Å². The molecule has 0 fully saturated rings. The van der Waals surface area contributed by atoms with E-state index in [2.05, 4.69) is 15.2 Å². The summed E-state index contributed by atoms with van der Waals surface area (Å²) in [6.07, 6.45) is 0. The molecule has 0 unspecified atom stereocenters. The molecule has 0 aliphatic rings. The number of rotatable bonds is 2. The van der Waals surface area contributed by atoms with E-state index in [4.69, 9.17) is 28.9 Å². The topological polar surface area (TPSA) is 67.6 Å². The Morgan fingerprint density at radius 3 is 2.55 bits per heavy atom. The number of nitrogens with two attached hydrogens (primary N) is 1. The van der Waals surface area contributed by atoms with E-state index in [1.54, 1.807) is 12.1 Å². The Morgan fingerprint density at radius 1 is 1.05 bits per heavy atom. The summed E-state index contributed by atoms with van der Waals surface area (Å²) in [6, 6.07) is 13.0. The van der Waals surface area contributed by atoms with Gasteiger partial charge >= 0.3 is 0 Å². The minimum absolute atomic E-state index is 0.394. The summed E-state index contributed by atoms with van der Waals surface area (Å²) in [7, 11) is 0. The molecule has 0 radical (unpaired) electrons. The van der Waals surface area contributed by atoms with Gasteiger partial charge in [0.15, 0.2) is 11.6 Å². The summed E-state index contributed by atoms with van der Waals surface area (Å²) in [5.41, 5.74) is 7.93. The second-order valence-corrected chi connectivity index (χ2v) is 5.07. The number of aromatic nitrogens is 3. The number of hydrogen-bond donors (Lipinski definition) is 2. The first kappa shape index (κ1) is 13.0. The number of hydrogen-bond acceptors (Lipinski definition) is 3. The van der Waals surface area contributed by atoms with Gasteiger partial charge in [-0.25, -0.2) is 4.98 Å². The Balaban J connectivity index is 2.07. The van der Waals surface area contributed by atoms with Crippen LogP contribution < -0.4 is 5.73 Å². The molecule has 0 saturated carbocycles. The fraction of sp³-hybridized carbons (Fsp3) is 0. The number of halogens is 2. The molecular formula is C14H10Cl2N4. The third kappa shape index (κ3) is 2.35. The molecule has 0 aliphatic carbocycles. The average Bonchev–Trinajstić information content (AvgIpc) is 2.93. The van der Waals surface area contributed by atoms with Crippen LogP contribution >= 0.6 is 23.2 Å². The van der Waals surface area contributed by atoms with Gasteiger partial charge in [0.2, 0.25) is 0 Å². The van der Waals surface area contributed by atoms with Crippen molar-refractivity contribution in [2.45, 2.75) is 0 Å². The van der Waals surface area contributed by atoms with Crippen molar-refractivity contribution in [2.24, 2.45) is 0 Å². The molecule has 0 atom stereocenters. The number of nitrogens with one attached hydrogen (secondary N) is 1. The van der Waals surface area contributed by atoms with Gasteiger partial charge in [-0.2, -0.15) is 5.10 Å². The standard InChI is InChI=1S/C14H10Cl2N4/c15-9-6-10(12(17)11(16)7-9)14-18-13(19-20-14)8-4-2-1-3-5-8/h1-7H,17H2,(H,18,19,20). The lowest BCUT2D eigenvalue weighted by Crippen LogP contribution is -1.93. The molecule has 6 heteroatoms. The van der Waals surface area contributed by atoms with Gasteiger partial charge in [-0.3, -0.25) is 5.10 Å². The smallest absolute Gasteiger partial charge is 0.181 e. The molecular weight excluding hydrogens is 295 g/mol. The summed E-state index contributed by atoms with van der Waals surface area (Å²) in [5, 5.41) is 7.93. The molecule has 0 spiro atoms. The molecule has 1 heterocycles. The lowest BCUT2D eigenvalue weighted by molar-refractivity contribution is 1.10. The van der Waals surface area contributed by atoms with Gasteiger partial charge in [-0.1, -0.05) is 53.5 Å². The number of nitrogens with zero attached hydrogens (tertiary/aromatic N) is 2.